The summed E-state index contributed by atoms with van der Waals surface area (Å²) in [7, 11) is 0. The minimum atomic E-state index is -0.207. The molecule has 4 aromatic rings. The molecule has 0 aliphatic heterocycles. The molecule has 1 aromatic heterocycles. The van der Waals surface area contributed by atoms with Gasteiger partial charge in [0.25, 0.3) is 0 Å². The van der Waals surface area contributed by atoms with Gasteiger partial charge in [-0.05, 0) is 66.7 Å². The first-order valence-electron chi connectivity index (χ1n) is 10.5. The summed E-state index contributed by atoms with van der Waals surface area (Å²) in [4.78, 5) is 6.74. The number of pyridine rings is 1. The Labute approximate surface area is 187 Å². The van der Waals surface area contributed by atoms with Crippen LogP contribution in [0.2, 0.25) is 5.02 Å². The molecule has 4 rings (SSSR count). The van der Waals surface area contributed by atoms with Crippen molar-refractivity contribution in [1.82, 2.24) is 9.88 Å². The summed E-state index contributed by atoms with van der Waals surface area (Å²) in [6.07, 6.45) is 1.77. The minimum Gasteiger partial charge on any atom is -0.355 e. The number of fused-ring (bicyclic) bond motifs is 1. The predicted molar refractivity (Wildman–Crippen MR) is 128 cm³/mol. The van der Waals surface area contributed by atoms with Crippen molar-refractivity contribution in [2.45, 2.75) is 20.4 Å². The van der Waals surface area contributed by atoms with Gasteiger partial charge in [0.15, 0.2) is 0 Å². The minimum absolute atomic E-state index is 0.207. The monoisotopic (exact) mass is 433 g/mol. The average molecular weight is 434 g/mol. The van der Waals surface area contributed by atoms with Crippen molar-refractivity contribution < 1.29 is 4.39 Å². The molecule has 0 atom stereocenters. The van der Waals surface area contributed by atoms with Gasteiger partial charge in [-0.15, -0.1) is 0 Å². The largest absolute Gasteiger partial charge is 0.355 e. The zero-order valence-electron chi connectivity index (χ0n) is 17.7. The molecule has 0 aliphatic rings. The molecule has 1 N–H and O–H groups in total. The molecule has 1 heterocycles. The highest BCUT2D eigenvalue weighted by atomic mass is 35.5. The van der Waals surface area contributed by atoms with Gasteiger partial charge in [-0.25, -0.2) is 4.39 Å². The standard InChI is InChI=1S/C26H25ClFN3/c1-3-31(4-2)17-18-15-20(10-12-21(18)22-7-5-6-8-24(22)28)30-25-13-14-29-26-16-19(27)9-11-23(25)26/h5-16H,3-4,17H2,1-2H3,(H,29,30). The number of benzene rings is 3. The van der Waals surface area contributed by atoms with Gasteiger partial charge in [-0.3, -0.25) is 9.88 Å². The Morgan fingerprint density at radius 2 is 1.74 bits per heavy atom. The third-order valence-electron chi connectivity index (χ3n) is 5.54. The van der Waals surface area contributed by atoms with E-state index in [0.717, 1.165) is 53.0 Å². The Hall–Kier alpha value is -2.95. The number of aromatic nitrogens is 1. The van der Waals surface area contributed by atoms with Crippen molar-refractivity contribution in [2.24, 2.45) is 0 Å². The highest BCUT2D eigenvalue weighted by molar-refractivity contribution is 6.31. The maximum Gasteiger partial charge on any atom is 0.131 e. The Kier molecular flexibility index (Phi) is 6.50. The lowest BCUT2D eigenvalue weighted by Gasteiger charge is -2.21. The fraction of sp³-hybridized carbons (Fsp3) is 0.192. The summed E-state index contributed by atoms with van der Waals surface area (Å²) in [6.45, 7) is 6.89. The molecular formula is C26H25ClFN3. The topological polar surface area (TPSA) is 28.2 Å². The first-order valence-corrected chi connectivity index (χ1v) is 10.9. The molecule has 5 heteroatoms. The van der Waals surface area contributed by atoms with Crippen LogP contribution < -0.4 is 5.32 Å². The van der Waals surface area contributed by atoms with E-state index in [4.69, 9.17) is 11.6 Å². The van der Waals surface area contributed by atoms with E-state index in [1.54, 1.807) is 12.3 Å². The summed E-state index contributed by atoms with van der Waals surface area (Å²) >= 11 is 6.12. The molecule has 0 spiro atoms. The van der Waals surface area contributed by atoms with Crippen molar-refractivity contribution in [1.29, 1.82) is 0 Å². The van der Waals surface area contributed by atoms with Crippen molar-refractivity contribution >= 4 is 33.9 Å². The van der Waals surface area contributed by atoms with E-state index in [1.807, 2.05) is 48.5 Å². The molecule has 158 valence electrons. The van der Waals surface area contributed by atoms with Crippen LogP contribution in [-0.2, 0) is 6.54 Å². The van der Waals surface area contributed by atoms with Crippen molar-refractivity contribution in [3.63, 3.8) is 0 Å². The smallest absolute Gasteiger partial charge is 0.131 e. The van der Waals surface area contributed by atoms with E-state index in [1.165, 1.54) is 6.07 Å². The third kappa shape index (κ3) is 4.71. The summed E-state index contributed by atoms with van der Waals surface area (Å²) in [6, 6.07) is 20.7. The number of anilines is 2. The van der Waals surface area contributed by atoms with Gasteiger partial charge in [0.2, 0.25) is 0 Å². The SMILES string of the molecule is CCN(CC)Cc1cc(Nc2ccnc3cc(Cl)ccc23)ccc1-c1ccccc1F. The summed E-state index contributed by atoms with van der Waals surface area (Å²) in [5.74, 6) is -0.207. The van der Waals surface area contributed by atoms with Crippen LogP contribution in [0.15, 0.2) is 72.9 Å². The lowest BCUT2D eigenvalue weighted by molar-refractivity contribution is 0.296. The van der Waals surface area contributed by atoms with Crippen LogP contribution in [0, 0.1) is 5.82 Å². The Morgan fingerprint density at radius 3 is 2.52 bits per heavy atom. The molecule has 0 unspecified atom stereocenters. The predicted octanol–water partition coefficient (Wildman–Crippen LogP) is 7.28. The average Bonchev–Trinajstić information content (AvgIpc) is 2.78. The summed E-state index contributed by atoms with van der Waals surface area (Å²) in [5, 5.41) is 5.17. The molecule has 0 saturated heterocycles. The number of nitrogens with zero attached hydrogens (tertiary/aromatic N) is 2. The molecular weight excluding hydrogens is 409 g/mol. The van der Waals surface area contributed by atoms with Gasteiger partial charge < -0.3 is 5.32 Å². The van der Waals surface area contributed by atoms with E-state index >= 15 is 0 Å². The highest BCUT2D eigenvalue weighted by Gasteiger charge is 2.13. The van der Waals surface area contributed by atoms with Crippen LogP contribution in [-0.4, -0.2) is 23.0 Å². The second kappa shape index (κ2) is 9.46. The highest BCUT2D eigenvalue weighted by Crippen LogP contribution is 2.32. The van der Waals surface area contributed by atoms with Gasteiger partial charge in [0.05, 0.1) is 5.52 Å². The molecule has 0 aliphatic carbocycles. The number of hydrogen-bond acceptors (Lipinski definition) is 3. The first kappa shape index (κ1) is 21.3. The molecule has 0 bridgehead atoms. The zero-order chi connectivity index (χ0) is 21.8. The second-order valence-corrected chi connectivity index (χ2v) is 7.89. The quantitative estimate of drug-likeness (QED) is 0.332. The number of halogens is 2. The molecule has 0 amide bonds. The van der Waals surface area contributed by atoms with Gasteiger partial charge in [0.1, 0.15) is 5.82 Å². The molecule has 3 nitrogen and oxygen atoms in total. The van der Waals surface area contributed by atoms with Crippen LogP contribution in [0.4, 0.5) is 15.8 Å². The van der Waals surface area contributed by atoms with E-state index < -0.39 is 0 Å². The number of rotatable bonds is 7. The van der Waals surface area contributed by atoms with Crippen molar-refractivity contribution in [3.8, 4) is 11.1 Å². The summed E-state index contributed by atoms with van der Waals surface area (Å²) in [5.41, 5.74) is 5.37. The van der Waals surface area contributed by atoms with Crippen molar-refractivity contribution in [2.75, 3.05) is 18.4 Å². The third-order valence-corrected chi connectivity index (χ3v) is 5.78. The molecule has 0 radical (unpaired) electrons. The fourth-order valence-electron chi connectivity index (χ4n) is 3.82. The molecule has 0 saturated carbocycles. The lowest BCUT2D eigenvalue weighted by Crippen LogP contribution is -2.22. The van der Waals surface area contributed by atoms with E-state index in [0.29, 0.717) is 10.6 Å². The van der Waals surface area contributed by atoms with Crippen LogP contribution >= 0.6 is 11.6 Å². The lowest BCUT2D eigenvalue weighted by atomic mass is 9.98. The fourth-order valence-corrected chi connectivity index (χ4v) is 3.98. The molecule has 0 fully saturated rings. The first-order chi connectivity index (χ1) is 15.1. The molecule has 3 aromatic carbocycles. The van der Waals surface area contributed by atoms with Crippen molar-refractivity contribution in [3.05, 3.63) is 89.3 Å². The van der Waals surface area contributed by atoms with E-state index in [2.05, 4.69) is 35.1 Å². The van der Waals surface area contributed by atoms with Crippen LogP contribution in [0.1, 0.15) is 19.4 Å². The van der Waals surface area contributed by atoms with Crippen LogP contribution in [0.5, 0.6) is 0 Å². The Bertz CT molecular complexity index is 1200. The second-order valence-electron chi connectivity index (χ2n) is 7.46. The van der Waals surface area contributed by atoms with Crippen LogP contribution in [0.25, 0.3) is 22.0 Å². The Morgan fingerprint density at radius 1 is 0.935 bits per heavy atom. The van der Waals surface area contributed by atoms with Gasteiger partial charge >= 0.3 is 0 Å². The zero-order valence-corrected chi connectivity index (χ0v) is 18.5. The Balaban J connectivity index is 1.75. The van der Waals surface area contributed by atoms with Gasteiger partial charge in [-0.1, -0.05) is 49.7 Å². The molecule has 31 heavy (non-hydrogen) atoms. The van der Waals surface area contributed by atoms with Gasteiger partial charge in [-0.2, -0.15) is 0 Å². The number of hydrogen-bond donors (Lipinski definition) is 1. The maximum atomic E-state index is 14.6. The normalized spacial score (nSPS) is 11.3. The number of nitrogens with one attached hydrogen (secondary N) is 1. The summed E-state index contributed by atoms with van der Waals surface area (Å²) < 4.78 is 14.6. The van der Waals surface area contributed by atoms with E-state index in [-0.39, 0.29) is 5.82 Å². The maximum absolute atomic E-state index is 14.6. The van der Waals surface area contributed by atoms with Crippen LogP contribution in [0.3, 0.4) is 0 Å². The van der Waals surface area contributed by atoms with E-state index in [9.17, 15) is 4.39 Å². The van der Waals surface area contributed by atoms with Gasteiger partial charge in [0, 0.05) is 40.1 Å².